The molecule has 1 amide bonds. The van der Waals surface area contributed by atoms with Gasteiger partial charge < -0.3 is 15.4 Å². The fourth-order valence-electron chi connectivity index (χ4n) is 4.00. The zero-order valence-electron chi connectivity index (χ0n) is 17.4. The van der Waals surface area contributed by atoms with E-state index in [2.05, 4.69) is 25.7 Å². The van der Waals surface area contributed by atoms with Crippen LogP contribution in [0.5, 0.6) is 5.75 Å². The Morgan fingerprint density at radius 2 is 2.10 bits per heavy atom. The molecule has 0 saturated carbocycles. The van der Waals surface area contributed by atoms with E-state index >= 15 is 0 Å². The van der Waals surface area contributed by atoms with Crippen molar-refractivity contribution in [3.8, 4) is 5.75 Å². The van der Waals surface area contributed by atoms with Gasteiger partial charge in [0, 0.05) is 43.0 Å². The van der Waals surface area contributed by atoms with Crippen molar-refractivity contribution in [3.05, 3.63) is 48.5 Å². The minimum Gasteiger partial charge on any atom is -0.496 e. The number of nitrogens with zero attached hydrogens (tertiary/aromatic N) is 6. The minimum absolute atomic E-state index is 0.290. The zero-order chi connectivity index (χ0) is 21.4. The van der Waals surface area contributed by atoms with Crippen molar-refractivity contribution >= 4 is 28.1 Å². The lowest BCUT2D eigenvalue weighted by molar-refractivity contribution is 0.102. The summed E-state index contributed by atoms with van der Waals surface area (Å²) in [6, 6.07) is 5.94. The molecule has 0 atom stereocenters. The van der Waals surface area contributed by atoms with E-state index in [-0.39, 0.29) is 5.91 Å². The molecule has 10 heteroatoms. The average Bonchev–Trinajstić information content (AvgIpc) is 3.42. The molecule has 31 heavy (non-hydrogen) atoms. The Morgan fingerprint density at radius 3 is 2.87 bits per heavy atom. The van der Waals surface area contributed by atoms with Gasteiger partial charge in [-0.25, -0.2) is 9.50 Å². The van der Waals surface area contributed by atoms with Gasteiger partial charge in [-0.3, -0.25) is 9.80 Å². The van der Waals surface area contributed by atoms with E-state index in [0.29, 0.717) is 28.7 Å². The highest BCUT2D eigenvalue weighted by Gasteiger charge is 2.21. The number of carbonyl (C=O) groups excluding carboxylic acids is 1. The molecule has 1 fully saturated rings. The summed E-state index contributed by atoms with van der Waals surface area (Å²) in [4.78, 5) is 19.2. The molecule has 0 unspecified atom stereocenters. The quantitative estimate of drug-likeness (QED) is 0.506. The third-order valence-electron chi connectivity index (χ3n) is 5.76. The van der Waals surface area contributed by atoms with Crippen LogP contribution in [0, 0.1) is 0 Å². The maximum absolute atomic E-state index is 13.1. The fraction of sp³-hybridized carbons (Fsp3) is 0.333. The first-order valence-electron chi connectivity index (χ1n) is 10.3. The van der Waals surface area contributed by atoms with Crippen LogP contribution in [-0.2, 0) is 0 Å². The van der Waals surface area contributed by atoms with Gasteiger partial charge >= 0.3 is 0 Å². The van der Waals surface area contributed by atoms with Gasteiger partial charge in [0.1, 0.15) is 11.4 Å². The van der Waals surface area contributed by atoms with Crippen molar-refractivity contribution in [3.63, 3.8) is 0 Å². The second-order valence-electron chi connectivity index (χ2n) is 7.58. The summed E-state index contributed by atoms with van der Waals surface area (Å²) < 4.78 is 7.10. The van der Waals surface area contributed by atoms with Gasteiger partial charge in [0.15, 0.2) is 5.65 Å². The highest BCUT2D eigenvalue weighted by molar-refractivity contribution is 6.09. The van der Waals surface area contributed by atoms with E-state index in [1.165, 1.54) is 0 Å². The molecule has 0 spiro atoms. The fourth-order valence-corrected chi connectivity index (χ4v) is 4.00. The molecule has 5 rings (SSSR count). The molecular weight excluding hydrogens is 396 g/mol. The number of hydrogen-bond acceptors (Lipinski definition) is 7. The van der Waals surface area contributed by atoms with Crippen molar-refractivity contribution in [2.45, 2.75) is 18.9 Å². The monoisotopic (exact) mass is 420 g/mol. The number of methoxy groups -OCH3 is 1. The van der Waals surface area contributed by atoms with Crippen LogP contribution in [0.4, 0.5) is 5.69 Å². The van der Waals surface area contributed by atoms with E-state index in [9.17, 15) is 4.79 Å². The van der Waals surface area contributed by atoms with E-state index in [1.54, 1.807) is 42.3 Å². The molecule has 1 saturated heterocycles. The number of rotatable bonds is 5. The van der Waals surface area contributed by atoms with Crippen LogP contribution in [-0.4, -0.2) is 63.7 Å². The van der Waals surface area contributed by atoms with E-state index < -0.39 is 0 Å². The standard InChI is InChI=1S/C21H24N8O2/c1-22-15-4-8-27(9-5-15)29-13-14-10-16(19(31-2)11-17(14)26-29)21(30)25-18-12-24-28-7-3-6-23-20(18)28/h3,6-7,10-13,15,22H,4-5,8-9H2,1-2H3,(H,25,30). The number of fused-ring (bicyclic) bond motifs is 2. The Labute approximate surface area is 178 Å². The predicted octanol–water partition coefficient (Wildman–Crippen LogP) is 1.66. The van der Waals surface area contributed by atoms with Crippen molar-refractivity contribution in [1.29, 1.82) is 0 Å². The predicted molar refractivity (Wildman–Crippen MR) is 117 cm³/mol. The molecule has 0 bridgehead atoms. The number of hydrogen-bond donors (Lipinski definition) is 2. The molecular formula is C21H24N8O2. The van der Waals surface area contributed by atoms with Crippen molar-refractivity contribution < 1.29 is 9.53 Å². The first-order valence-corrected chi connectivity index (χ1v) is 10.3. The third kappa shape index (κ3) is 3.55. The summed E-state index contributed by atoms with van der Waals surface area (Å²) in [6.07, 6.45) is 9.11. The number of aromatic nitrogens is 5. The van der Waals surface area contributed by atoms with Crippen molar-refractivity contribution in [2.75, 3.05) is 37.6 Å². The number of nitrogens with one attached hydrogen (secondary N) is 2. The number of ether oxygens (including phenoxy) is 1. The third-order valence-corrected chi connectivity index (χ3v) is 5.76. The number of carbonyl (C=O) groups is 1. The second kappa shape index (κ2) is 7.88. The van der Waals surface area contributed by atoms with E-state index in [1.807, 2.05) is 24.1 Å². The SMILES string of the molecule is CNC1CCN(n2cc3cc(C(=O)Nc4cnn5cccnc45)c(OC)cc3n2)CC1. The Bertz CT molecular complexity index is 1240. The molecule has 4 heterocycles. The molecule has 10 nitrogen and oxygen atoms in total. The average molecular weight is 420 g/mol. The van der Waals surface area contributed by atoms with Crippen LogP contribution < -0.4 is 20.4 Å². The summed E-state index contributed by atoms with van der Waals surface area (Å²) in [5, 5.41) is 18.2. The summed E-state index contributed by atoms with van der Waals surface area (Å²) in [7, 11) is 3.55. The number of amides is 1. The number of anilines is 1. The lowest BCUT2D eigenvalue weighted by atomic mass is 10.1. The van der Waals surface area contributed by atoms with Crippen LogP contribution in [0.25, 0.3) is 16.6 Å². The maximum Gasteiger partial charge on any atom is 0.259 e. The molecule has 0 aliphatic carbocycles. The van der Waals surface area contributed by atoms with Gasteiger partial charge in [0.2, 0.25) is 0 Å². The molecule has 1 aromatic carbocycles. The Hall–Kier alpha value is -3.66. The smallest absolute Gasteiger partial charge is 0.259 e. The zero-order valence-corrected chi connectivity index (χ0v) is 17.4. The molecule has 0 radical (unpaired) electrons. The van der Waals surface area contributed by atoms with Crippen LogP contribution in [0.15, 0.2) is 43.0 Å². The highest BCUT2D eigenvalue weighted by atomic mass is 16.5. The normalized spacial score (nSPS) is 15.0. The first-order chi connectivity index (χ1) is 15.2. The Balaban J connectivity index is 1.43. The lowest BCUT2D eigenvalue weighted by Crippen LogP contribution is -2.46. The summed E-state index contributed by atoms with van der Waals surface area (Å²) >= 11 is 0. The van der Waals surface area contributed by atoms with Crippen LogP contribution >= 0.6 is 0 Å². The molecule has 1 aliphatic heterocycles. The van der Waals surface area contributed by atoms with E-state index in [0.717, 1.165) is 36.8 Å². The molecule has 160 valence electrons. The number of benzene rings is 1. The van der Waals surface area contributed by atoms with Crippen LogP contribution in [0.1, 0.15) is 23.2 Å². The summed E-state index contributed by atoms with van der Waals surface area (Å²) in [6.45, 7) is 1.84. The lowest BCUT2D eigenvalue weighted by Gasteiger charge is -2.32. The molecule has 4 aromatic rings. The van der Waals surface area contributed by atoms with Crippen LogP contribution in [0.3, 0.4) is 0 Å². The van der Waals surface area contributed by atoms with Gasteiger partial charge in [0.25, 0.3) is 5.91 Å². The summed E-state index contributed by atoms with van der Waals surface area (Å²) in [5.74, 6) is 0.176. The largest absolute Gasteiger partial charge is 0.496 e. The van der Waals surface area contributed by atoms with Crippen molar-refractivity contribution in [2.24, 2.45) is 0 Å². The van der Waals surface area contributed by atoms with Crippen LogP contribution in [0.2, 0.25) is 0 Å². The Kier molecular flexibility index (Phi) is 4.91. The molecule has 1 aliphatic rings. The minimum atomic E-state index is -0.290. The number of piperidine rings is 1. The molecule has 3 aromatic heterocycles. The van der Waals surface area contributed by atoms with Gasteiger partial charge in [-0.2, -0.15) is 15.0 Å². The van der Waals surface area contributed by atoms with Gasteiger partial charge in [0.05, 0.1) is 30.6 Å². The van der Waals surface area contributed by atoms with Gasteiger partial charge in [-0.15, -0.1) is 0 Å². The highest BCUT2D eigenvalue weighted by Crippen LogP contribution is 2.27. The van der Waals surface area contributed by atoms with E-state index in [4.69, 9.17) is 9.84 Å². The molecule has 2 N–H and O–H groups in total. The first kappa shape index (κ1) is 19.3. The maximum atomic E-state index is 13.1. The van der Waals surface area contributed by atoms with Crippen molar-refractivity contribution in [1.82, 2.24) is 29.8 Å². The second-order valence-corrected chi connectivity index (χ2v) is 7.58. The topological polar surface area (TPSA) is 102 Å². The van der Waals surface area contributed by atoms with Gasteiger partial charge in [-0.1, -0.05) is 0 Å². The van der Waals surface area contributed by atoms with Gasteiger partial charge in [-0.05, 0) is 32.0 Å². The Morgan fingerprint density at radius 1 is 1.26 bits per heavy atom. The summed E-state index contributed by atoms with van der Waals surface area (Å²) in [5.41, 5.74) is 2.32.